The van der Waals surface area contributed by atoms with Gasteiger partial charge in [0.2, 0.25) is 5.91 Å². The number of aromatic nitrogens is 1. The highest BCUT2D eigenvalue weighted by atomic mass is 79.9. The molecule has 2 aromatic carbocycles. The lowest BCUT2D eigenvalue weighted by atomic mass is 10.2. The normalized spacial score (nSPS) is 15.5. The summed E-state index contributed by atoms with van der Waals surface area (Å²) in [5.74, 6) is -0.373. The number of rotatable bonds is 5. The molecule has 1 saturated heterocycles. The number of carbonyl (C=O) groups is 2. The van der Waals surface area contributed by atoms with Crippen LogP contribution in [0.15, 0.2) is 57.9 Å². The van der Waals surface area contributed by atoms with E-state index in [1.807, 2.05) is 54.6 Å². The van der Waals surface area contributed by atoms with E-state index >= 15 is 0 Å². The van der Waals surface area contributed by atoms with Crippen molar-refractivity contribution in [3.63, 3.8) is 0 Å². The Morgan fingerprint density at radius 2 is 2.07 bits per heavy atom. The number of thioether (sulfide) groups is 1. The van der Waals surface area contributed by atoms with Crippen molar-refractivity contribution < 1.29 is 9.59 Å². The first-order chi connectivity index (χ1) is 14.0. The lowest BCUT2D eigenvalue weighted by Crippen LogP contribution is -2.31. The molecule has 2 amide bonds. The fourth-order valence-electron chi connectivity index (χ4n) is 2.76. The number of carbonyl (C=O) groups excluding carboxylic acids is 2. The number of hydrogen-bond donors (Lipinski definition) is 1. The predicted octanol–water partition coefficient (Wildman–Crippen LogP) is 5.29. The highest BCUT2D eigenvalue weighted by Gasteiger charge is 2.32. The molecule has 9 heteroatoms. The quantitative estimate of drug-likeness (QED) is 0.378. The molecule has 1 N–H and O–H groups in total. The molecule has 5 nitrogen and oxygen atoms in total. The Kier molecular flexibility index (Phi) is 6.09. The number of anilines is 1. The average Bonchev–Trinajstić information content (AvgIpc) is 3.20. The maximum atomic E-state index is 12.7. The Balaban J connectivity index is 1.38. The number of amides is 2. The first kappa shape index (κ1) is 20.2. The number of benzene rings is 2. The van der Waals surface area contributed by atoms with Crippen LogP contribution in [-0.2, 0) is 9.59 Å². The van der Waals surface area contributed by atoms with E-state index in [4.69, 9.17) is 12.2 Å². The zero-order chi connectivity index (χ0) is 20.4. The van der Waals surface area contributed by atoms with E-state index < -0.39 is 0 Å². The third-order valence-corrected chi connectivity index (χ3v) is 6.95. The third kappa shape index (κ3) is 4.75. The van der Waals surface area contributed by atoms with E-state index in [0.29, 0.717) is 14.4 Å². The third-order valence-electron chi connectivity index (χ3n) is 4.12. The summed E-state index contributed by atoms with van der Waals surface area (Å²) < 4.78 is 2.41. The van der Waals surface area contributed by atoms with Gasteiger partial charge in [-0.1, -0.05) is 75.5 Å². The van der Waals surface area contributed by atoms with Gasteiger partial charge >= 0.3 is 0 Å². The smallest absolute Gasteiger partial charge is 0.266 e. The summed E-state index contributed by atoms with van der Waals surface area (Å²) in [5.41, 5.74) is 1.76. The predicted molar refractivity (Wildman–Crippen MR) is 127 cm³/mol. The number of thiocarbonyl (C=S) groups is 1. The fraction of sp³-hybridized carbons (Fsp3) is 0.100. The minimum Gasteiger partial charge on any atom is -0.302 e. The molecular weight excluding hydrogens is 490 g/mol. The molecule has 1 aliphatic rings. The second-order valence-electron chi connectivity index (χ2n) is 6.17. The SMILES string of the molecule is O=C(CCN1C(=O)C(=Cc2cccc(Br)c2)SC1=S)Nc1nc2ccccc2s1. The molecule has 0 atom stereocenters. The van der Waals surface area contributed by atoms with Gasteiger partial charge in [-0.15, -0.1) is 0 Å². The van der Waals surface area contributed by atoms with E-state index in [-0.39, 0.29) is 24.8 Å². The summed E-state index contributed by atoms with van der Waals surface area (Å²) in [5, 5.41) is 3.35. The maximum Gasteiger partial charge on any atom is 0.266 e. The van der Waals surface area contributed by atoms with Crippen molar-refractivity contribution in [2.45, 2.75) is 6.42 Å². The summed E-state index contributed by atoms with van der Waals surface area (Å²) in [6.07, 6.45) is 1.96. The van der Waals surface area contributed by atoms with Gasteiger partial charge in [-0.3, -0.25) is 14.5 Å². The van der Waals surface area contributed by atoms with Gasteiger partial charge in [0.25, 0.3) is 5.91 Å². The van der Waals surface area contributed by atoms with E-state index in [9.17, 15) is 9.59 Å². The Bertz CT molecular complexity index is 1130. The van der Waals surface area contributed by atoms with Crippen molar-refractivity contribution in [3.05, 3.63) is 63.5 Å². The monoisotopic (exact) mass is 503 g/mol. The van der Waals surface area contributed by atoms with E-state index in [1.54, 1.807) is 0 Å². The maximum absolute atomic E-state index is 12.7. The van der Waals surface area contributed by atoms with Crippen LogP contribution in [0, 0.1) is 0 Å². The van der Waals surface area contributed by atoms with E-state index in [2.05, 4.69) is 26.2 Å². The molecule has 29 heavy (non-hydrogen) atoms. The molecule has 0 bridgehead atoms. The molecule has 0 spiro atoms. The van der Waals surface area contributed by atoms with Crippen LogP contribution in [0.3, 0.4) is 0 Å². The molecule has 1 fully saturated rings. The molecule has 1 aromatic heterocycles. The van der Waals surface area contributed by atoms with Crippen molar-refractivity contribution >= 4 is 88.8 Å². The number of halogens is 1. The zero-order valence-electron chi connectivity index (χ0n) is 14.9. The fourth-order valence-corrected chi connectivity index (χ4v) is 5.37. The summed E-state index contributed by atoms with van der Waals surface area (Å²) in [7, 11) is 0. The highest BCUT2D eigenvalue weighted by molar-refractivity contribution is 9.10. The number of fused-ring (bicyclic) bond motifs is 1. The van der Waals surface area contributed by atoms with Crippen molar-refractivity contribution in [2.75, 3.05) is 11.9 Å². The van der Waals surface area contributed by atoms with Gasteiger partial charge in [-0.05, 0) is 35.9 Å². The van der Waals surface area contributed by atoms with Gasteiger partial charge in [-0.2, -0.15) is 0 Å². The molecule has 0 unspecified atom stereocenters. The van der Waals surface area contributed by atoms with Crippen molar-refractivity contribution in [1.29, 1.82) is 0 Å². The summed E-state index contributed by atoms with van der Waals surface area (Å²) in [4.78, 5) is 31.4. The summed E-state index contributed by atoms with van der Waals surface area (Å²) in [6, 6.07) is 15.4. The van der Waals surface area contributed by atoms with Gasteiger partial charge in [0.1, 0.15) is 4.32 Å². The van der Waals surface area contributed by atoms with Gasteiger partial charge < -0.3 is 5.32 Å². The van der Waals surface area contributed by atoms with Crippen LogP contribution in [0.1, 0.15) is 12.0 Å². The molecule has 1 aliphatic heterocycles. The highest BCUT2D eigenvalue weighted by Crippen LogP contribution is 2.33. The average molecular weight is 504 g/mol. The van der Waals surface area contributed by atoms with Crippen molar-refractivity contribution in [2.24, 2.45) is 0 Å². The largest absolute Gasteiger partial charge is 0.302 e. The standard InChI is InChI=1S/C20H14BrN3O2S3/c21-13-5-3-4-12(10-13)11-16-18(26)24(20(27)29-16)9-8-17(25)23-19-22-14-6-1-2-7-15(14)28-19/h1-7,10-11H,8-9H2,(H,22,23,25). The Morgan fingerprint density at radius 3 is 2.86 bits per heavy atom. The summed E-state index contributed by atoms with van der Waals surface area (Å²) in [6.45, 7) is 0.233. The van der Waals surface area contributed by atoms with Crippen LogP contribution in [0.4, 0.5) is 5.13 Å². The Morgan fingerprint density at radius 1 is 1.24 bits per heavy atom. The van der Waals surface area contributed by atoms with Crippen molar-refractivity contribution in [1.82, 2.24) is 9.88 Å². The van der Waals surface area contributed by atoms with Crippen LogP contribution in [-0.4, -0.2) is 32.6 Å². The lowest BCUT2D eigenvalue weighted by molar-refractivity contribution is -0.122. The number of nitrogens with one attached hydrogen (secondary N) is 1. The van der Waals surface area contributed by atoms with Gasteiger partial charge in [0, 0.05) is 17.4 Å². The number of hydrogen-bond acceptors (Lipinski definition) is 6. The summed E-state index contributed by atoms with van der Waals surface area (Å²) >= 11 is 11.4. The van der Waals surface area contributed by atoms with E-state index in [1.165, 1.54) is 28.0 Å². The Hall–Kier alpha value is -2.07. The van der Waals surface area contributed by atoms with Crippen LogP contribution >= 0.6 is 51.2 Å². The van der Waals surface area contributed by atoms with Gasteiger partial charge in [-0.25, -0.2) is 4.98 Å². The molecule has 146 valence electrons. The first-order valence-electron chi connectivity index (χ1n) is 8.66. The molecule has 0 saturated carbocycles. The lowest BCUT2D eigenvalue weighted by Gasteiger charge is -2.13. The minimum atomic E-state index is -0.200. The molecule has 2 heterocycles. The zero-order valence-corrected chi connectivity index (χ0v) is 19.0. The number of para-hydroxylation sites is 1. The molecule has 0 radical (unpaired) electrons. The molecule has 4 rings (SSSR count). The minimum absolute atomic E-state index is 0.145. The van der Waals surface area contributed by atoms with Gasteiger partial charge in [0.05, 0.1) is 15.1 Å². The molecule has 3 aromatic rings. The van der Waals surface area contributed by atoms with Crippen LogP contribution in [0.5, 0.6) is 0 Å². The van der Waals surface area contributed by atoms with Crippen LogP contribution in [0.25, 0.3) is 16.3 Å². The second kappa shape index (κ2) is 8.74. The Labute approximate surface area is 189 Å². The second-order valence-corrected chi connectivity index (χ2v) is 9.80. The van der Waals surface area contributed by atoms with E-state index in [0.717, 1.165) is 20.3 Å². The topological polar surface area (TPSA) is 62.3 Å². The first-order valence-corrected chi connectivity index (χ1v) is 11.5. The number of nitrogens with zero attached hydrogens (tertiary/aromatic N) is 2. The van der Waals surface area contributed by atoms with Crippen molar-refractivity contribution in [3.8, 4) is 0 Å². The van der Waals surface area contributed by atoms with Crippen LogP contribution < -0.4 is 5.32 Å². The van der Waals surface area contributed by atoms with Crippen LogP contribution in [0.2, 0.25) is 0 Å². The molecule has 0 aliphatic carbocycles. The number of thiazole rings is 1. The molecular formula is C20H14BrN3O2S3. The van der Waals surface area contributed by atoms with Gasteiger partial charge in [0.15, 0.2) is 5.13 Å².